The molecule has 0 radical (unpaired) electrons. The molecule has 0 aromatic heterocycles. The van der Waals surface area contributed by atoms with Crippen LogP contribution >= 0.6 is 0 Å². The van der Waals surface area contributed by atoms with Gasteiger partial charge in [0.1, 0.15) is 0 Å². The Morgan fingerprint density at radius 3 is 2.82 bits per heavy atom. The lowest BCUT2D eigenvalue weighted by Crippen LogP contribution is -2.06. The Hall–Kier alpha value is -1.12. The molecule has 1 aromatic rings. The Morgan fingerprint density at radius 2 is 2.12 bits per heavy atom. The molecule has 0 spiro atoms. The van der Waals surface area contributed by atoms with Crippen LogP contribution in [0.2, 0.25) is 0 Å². The molecule has 17 heavy (non-hydrogen) atoms. The Kier molecular flexibility index (Phi) is 6.60. The predicted octanol–water partition coefficient (Wildman–Crippen LogP) is 2.75. The maximum Gasteiger partial charge on any atom is 0.0758 e. The van der Waals surface area contributed by atoms with Gasteiger partial charge in [-0.25, -0.2) is 0 Å². The standard InChI is InChI=1S/C15H22O2/c1-3-9-17-10-8-13-6-5-7-14(11-13)12-15(16)4-2/h4-7,11,15-16H,2-3,8-10,12H2,1H3. The molecule has 0 saturated heterocycles. The van der Waals surface area contributed by atoms with Crippen LogP contribution in [0.4, 0.5) is 0 Å². The fraction of sp³-hybridized carbons (Fsp3) is 0.467. The van der Waals surface area contributed by atoms with E-state index in [1.807, 2.05) is 12.1 Å². The number of hydrogen-bond acceptors (Lipinski definition) is 2. The van der Waals surface area contributed by atoms with Gasteiger partial charge in [-0.05, 0) is 24.0 Å². The molecule has 1 atom stereocenters. The lowest BCUT2D eigenvalue weighted by Gasteiger charge is -2.08. The highest BCUT2D eigenvalue weighted by Crippen LogP contribution is 2.09. The minimum absolute atomic E-state index is 0.457. The molecule has 94 valence electrons. The number of ether oxygens (including phenoxy) is 1. The third kappa shape index (κ3) is 5.66. The summed E-state index contributed by atoms with van der Waals surface area (Å²) >= 11 is 0. The summed E-state index contributed by atoms with van der Waals surface area (Å²) in [5.74, 6) is 0. The van der Waals surface area contributed by atoms with Crippen LogP contribution < -0.4 is 0 Å². The van der Waals surface area contributed by atoms with Crippen molar-refractivity contribution in [2.24, 2.45) is 0 Å². The number of aliphatic hydroxyl groups is 1. The van der Waals surface area contributed by atoms with Gasteiger partial charge in [0.25, 0.3) is 0 Å². The summed E-state index contributed by atoms with van der Waals surface area (Å²) < 4.78 is 5.46. The SMILES string of the molecule is C=CC(O)Cc1cccc(CCOCCC)c1. The molecule has 2 nitrogen and oxygen atoms in total. The number of aliphatic hydroxyl groups excluding tert-OH is 1. The van der Waals surface area contributed by atoms with Crippen LogP contribution in [0.5, 0.6) is 0 Å². The van der Waals surface area contributed by atoms with E-state index in [-0.39, 0.29) is 0 Å². The lowest BCUT2D eigenvalue weighted by atomic mass is 10.0. The van der Waals surface area contributed by atoms with E-state index in [2.05, 4.69) is 25.6 Å². The summed E-state index contributed by atoms with van der Waals surface area (Å²) in [4.78, 5) is 0. The second-order valence-electron chi connectivity index (χ2n) is 4.19. The summed E-state index contributed by atoms with van der Waals surface area (Å²) in [5.41, 5.74) is 2.40. The van der Waals surface area contributed by atoms with E-state index < -0.39 is 6.10 Å². The summed E-state index contributed by atoms with van der Waals surface area (Å²) in [6.45, 7) is 7.28. The van der Waals surface area contributed by atoms with E-state index in [9.17, 15) is 5.11 Å². The van der Waals surface area contributed by atoms with Crippen molar-refractivity contribution in [3.8, 4) is 0 Å². The normalized spacial score (nSPS) is 12.4. The number of benzene rings is 1. The molecule has 0 amide bonds. The summed E-state index contributed by atoms with van der Waals surface area (Å²) in [7, 11) is 0. The van der Waals surface area contributed by atoms with Crippen LogP contribution in [0, 0.1) is 0 Å². The smallest absolute Gasteiger partial charge is 0.0758 e. The summed E-state index contributed by atoms with van der Waals surface area (Å²) in [6, 6.07) is 8.28. The highest BCUT2D eigenvalue weighted by Gasteiger charge is 2.01. The Balaban J connectivity index is 2.45. The molecule has 1 unspecified atom stereocenters. The van der Waals surface area contributed by atoms with Crippen molar-refractivity contribution in [2.45, 2.75) is 32.3 Å². The quantitative estimate of drug-likeness (QED) is 0.553. The first-order valence-electron chi connectivity index (χ1n) is 6.22. The van der Waals surface area contributed by atoms with Gasteiger partial charge >= 0.3 is 0 Å². The van der Waals surface area contributed by atoms with E-state index in [4.69, 9.17) is 4.74 Å². The fourth-order valence-corrected chi connectivity index (χ4v) is 1.67. The molecule has 1 N–H and O–H groups in total. The van der Waals surface area contributed by atoms with Gasteiger partial charge in [0.2, 0.25) is 0 Å². The third-order valence-corrected chi connectivity index (χ3v) is 2.59. The average molecular weight is 234 g/mol. The van der Waals surface area contributed by atoms with E-state index >= 15 is 0 Å². The van der Waals surface area contributed by atoms with Crippen molar-refractivity contribution < 1.29 is 9.84 Å². The zero-order chi connectivity index (χ0) is 12.5. The summed E-state index contributed by atoms with van der Waals surface area (Å²) in [6.07, 6.45) is 3.73. The Morgan fingerprint density at radius 1 is 1.35 bits per heavy atom. The van der Waals surface area contributed by atoms with E-state index in [1.54, 1.807) is 6.08 Å². The van der Waals surface area contributed by atoms with Gasteiger partial charge in [-0.15, -0.1) is 6.58 Å². The second-order valence-corrected chi connectivity index (χ2v) is 4.19. The van der Waals surface area contributed by atoms with Crippen LogP contribution in [-0.4, -0.2) is 24.4 Å². The van der Waals surface area contributed by atoms with Crippen molar-refractivity contribution in [3.05, 3.63) is 48.0 Å². The predicted molar refractivity (Wildman–Crippen MR) is 71.2 cm³/mol. The monoisotopic (exact) mass is 234 g/mol. The molecular weight excluding hydrogens is 212 g/mol. The van der Waals surface area contributed by atoms with Crippen molar-refractivity contribution in [3.63, 3.8) is 0 Å². The van der Waals surface area contributed by atoms with Gasteiger partial charge in [0.15, 0.2) is 0 Å². The summed E-state index contributed by atoms with van der Waals surface area (Å²) in [5, 5.41) is 9.51. The minimum Gasteiger partial charge on any atom is -0.389 e. The van der Waals surface area contributed by atoms with E-state index in [0.29, 0.717) is 6.42 Å². The molecule has 0 aliphatic heterocycles. The van der Waals surface area contributed by atoms with Gasteiger partial charge in [0, 0.05) is 13.0 Å². The van der Waals surface area contributed by atoms with Crippen molar-refractivity contribution in [1.82, 2.24) is 0 Å². The topological polar surface area (TPSA) is 29.5 Å². The molecule has 0 saturated carbocycles. The largest absolute Gasteiger partial charge is 0.389 e. The van der Waals surface area contributed by atoms with Gasteiger partial charge in [-0.2, -0.15) is 0 Å². The van der Waals surface area contributed by atoms with Crippen LogP contribution in [-0.2, 0) is 17.6 Å². The van der Waals surface area contributed by atoms with E-state index in [1.165, 1.54) is 5.56 Å². The molecule has 1 aromatic carbocycles. The van der Waals surface area contributed by atoms with Crippen molar-refractivity contribution in [2.75, 3.05) is 13.2 Å². The van der Waals surface area contributed by atoms with Crippen molar-refractivity contribution in [1.29, 1.82) is 0 Å². The maximum absolute atomic E-state index is 9.51. The molecule has 0 fully saturated rings. The number of rotatable bonds is 8. The van der Waals surface area contributed by atoms with Gasteiger partial charge < -0.3 is 9.84 Å². The third-order valence-electron chi connectivity index (χ3n) is 2.59. The first kappa shape index (κ1) is 13.9. The molecule has 2 heteroatoms. The van der Waals surface area contributed by atoms with Crippen LogP contribution in [0.25, 0.3) is 0 Å². The zero-order valence-electron chi connectivity index (χ0n) is 10.6. The first-order chi connectivity index (χ1) is 8.26. The van der Waals surface area contributed by atoms with Crippen molar-refractivity contribution >= 4 is 0 Å². The molecule has 0 bridgehead atoms. The van der Waals surface area contributed by atoms with Gasteiger partial charge in [-0.1, -0.05) is 37.3 Å². The molecule has 0 aliphatic carbocycles. The van der Waals surface area contributed by atoms with Gasteiger partial charge in [-0.3, -0.25) is 0 Å². The molecule has 1 rings (SSSR count). The average Bonchev–Trinajstić information content (AvgIpc) is 2.35. The van der Waals surface area contributed by atoms with Gasteiger partial charge in [0.05, 0.1) is 12.7 Å². The minimum atomic E-state index is -0.457. The maximum atomic E-state index is 9.51. The molecule has 0 aliphatic rings. The molecule has 0 heterocycles. The zero-order valence-corrected chi connectivity index (χ0v) is 10.6. The molecular formula is C15H22O2. The Labute approximate surface area is 104 Å². The number of hydrogen-bond donors (Lipinski definition) is 1. The lowest BCUT2D eigenvalue weighted by molar-refractivity contribution is 0.138. The highest BCUT2D eigenvalue weighted by atomic mass is 16.5. The van der Waals surface area contributed by atoms with Crippen LogP contribution in [0.3, 0.4) is 0 Å². The Bertz CT molecular complexity index is 333. The fourth-order valence-electron chi connectivity index (χ4n) is 1.67. The highest BCUT2D eigenvalue weighted by molar-refractivity contribution is 5.24. The second kappa shape index (κ2) is 8.04. The van der Waals surface area contributed by atoms with Crippen LogP contribution in [0.1, 0.15) is 24.5 Å². The van der Waals surface area contributed by atoms with E-state index in [0.717, 1.165) is 31.6 Å². The van der Waals surface area contributed by atoms with Crippen LogP contribution in [0.15, 0.2) is 36.9 Å². The first-order valence-corrected chi connectivity index (χ1v) is 6.22.